The Kier molecular flexibility index (Phi) is 3.72. The first-order valence-electron chi connectivity index (χ1n) is 5.46. The average molecular weight is 264 g/mol. The molecule has 92 valence electrons. The fourth-order valence-corrected chi connectivity index (χ4v) is 1.81. The fraction of sp³-hybridized carbons (Fsp3) is 0.143. The molecule has 0 aliphatic rings. The Morgan fingerprint density at radius 3 is 2.83 bits per heavy atom. The van der Waals surface area contributed by atoms with Gasteiger partial charge in [0.05, 0.1) is 5.02 Å². The molecule has 1 aromatic heterocycles. The van der Waals surface area contributed by atoms with Gasteiger partial charge in [-0.1, -0.05) is 23.7 Å². The van der Waals surface area contributed by atoms with Crippen LogP contribution >= 0.6 is 11.6 Å². The largest absolute Gasteiger partial charge is 0.292 e. The third kappa shape index (κ3) is 2.74. The van der Waals surface area contributed by atoms with Gasteiger partial charge in [0.1, 0.15) is 11.5 Å². The van der Waals surface area contributed by atoms with Crippen LogP contribution in [0.1, 0.15) is 21.6 Å². The summed E-state index contributed by atoms with van der Waals surface area (Å²) in [4.78, 5) is 16.1. The van der Waals surface area contributed by atoms with Gasteiger partial charge in [-0.05, 0) is 36.2 Å². The van der Waals surface area contributed by atoms with Gasteiger partial charge in [-0.3, -0.25) is 9.78 Å². The maximum absolute atomic E-state index is 13.3. The number of pyridine rings is 1. The lowest BCUT2D eigenvalue weighted by Crippen LogP contribution is -2.08. The number of hydrogen-bond donors (Lipinski definition) is 0. The van der Waals surface area contributed by atoms with E-state index in [-0.39, 0.29) is 17.2 Å². The number of rotatable bonds is 3. The van der Waals surface area contributed by atoms with Crippen molar-refractivity contribution in [2.45, 2.75) is 13.3 Å². The number of aryl methyl sites for hydroxylation is 1. The first kappa shape index (κ1) is 12.7. The number of aromatic nitrogens is 1. The molecule has 0 saturated carbocycles. The molecule has 1 aromatic carbocycles. The molecule has 2 aromatic rings. The second-order valence-electron chi connectivity index (χ2n) is 4.02. The molecule has 0 radical (unpaired) electrons. The van der Waals surface area contributed by atoms with Crippen LogP contribution in [0.2, 0.25) is 5.02 Å². The van der Waals surface area contributed by atoms with Crippen molar-refractivity contribution < 1.29 is 9.18 Å². The minimum absolute atomic E-state index is 0.0558. The standard InChI is InChI=1S/C14H11ClFNO/c1-9-3-2-6-17-14(9)13(18)8-10-4-5-11(15)12(16)7-10/h2-7H,8H2,1H3. The molecule has 0 atom stereocenters. The highest BCUT2D eigenvalue weighted by Gasteiger charge is 2.12. The molecule has 1 heterocycles. The van der Waals surface area contributed by atoms with Gasteiger partial charge in [0.15, 0.2) is 5.78 Å². The normalized spacial score (nSPS) is 10.4. The zero-order valence-corrected chi connectivity index (χ0v) is 10.5. The van der Waals surface area contributed by atoms with Crippen LogP contribution in [0.4, 0.5) is 4.39 Å². The lowest BCUT2D eigenvalue weighted by atomic mass is 10.0. The van der Waals surface area contributed by atoms with Gasteiger partial charge >= 0.3 is 0 Å². The zero-order valence-electron chi connectivity index (χ0n) is 9.78. The number of nitrogens with zero attached hydrogens (tertiary/aromatic N) is 1. The van der Waals surface area contributed by atoms with E-state index in [1.54, 1.807) is 18.3 Å². The van der Waals surface area contributed by atoms with Crippen LogP contribution in [-0.2, 0) is 6.42 Å². The Bertz CT molecular complexity index is 598. The maximum atomic E-state index is 13.3. The summed E-state index contributed by atoms with van der Waals surface area (Å²) in [7, 11) is 0. The second-order valence-corrected chi connectivity index (χ2v) is 4.42. The van der Waals surface area contributed by atoms with Crippen molar-refractivity contribution in [3.05, 3.63) is 64.2 Å². The Morgan fingerprint density at radius 1 is 1.39 bits per heavy atom. The molecule has 0 aliphatic heterocycles. The minimum Gasteiger partial charge on any atom is -0.292 e. The third-order valence-electron chi connectivity index (χ3n) is 2.62. The predicted molar refractivity (Wildman–Crippen MR) is 68.4 cm³/mol. The van der Waals surface area contributed by atoms with Crippen molar-refractivity contribution in [3.8, 4) is 0 Å². The highest BCUT2D eigenvalue weighted by atomic mass is 35.5. The second kappa shape index (κ2) is 5.27. The first-order chi connectivity index (χ1) is 8.58. The molecule has 0 aliphatic carbocycles. The van der Waals surface area contributed by atoms with Gasteiger partial charge in [-0.25, -0.2) is 4.39 Å². The maximum Gasteiger partial charge on any atom is 0.185 e. The van der Waals surface area contributed by atoms with Gasteiger partial charge in [0.2, 0.25) is 0 Å². The van der Waals surface area contributed by atoms with Crippen molar-refractivity contribution >= 4 is 17.4 Å². The summed E-state index contributed by atoms with van der Waals surface area (Å²) < 4.78 is 13.3. The van der Waals surface area contributed by atoms with E-state index in [1.807, 2.05) is 13.0 Å². The lowest BCUT2D eigenvalue weighted by Gasteiger charge is -2.04. The minimum atomic E-state index is -0.514. The van der Waals surface area contributed by atoms with Gasteiger partial charge in [-0.15, -0.1) is 0 Å². The summed E-state index contributed by atoms with van der Waals surface area (Å²) in [6, 6.07) is 7.96. The average Bonchev–Trinajstić information content (AvgIpc) is 2.34. The van der Waals surface area contributed by atoms with Crippen molar-refractivity contribution in [2.24, 2.45) is 0 Å². The van der Waals surface area contributed by atoms with E-state index in [4.69, 9.17) is 11.6 Å². The van der Waals surface area contributed by atoms with E-state index in [9.17, 15) is 9.18 Å². The summed E-state index contributed by atoms with van der Waals surface area (Å²) in [6.07, 6.45) is 1.69. The van der Waals surface area contributed by atoms with Crippen LogP contribution in [0.25, 0.3) is 0 Å². The first-order valence-corrected chi connectivity index (χ1v) is 5.84. The number of Topliss-reactive ketones (excluding diaryl/α,β-unsaturated/α-hetero) is 1. The number of hydrogen-bond acceptors (Lipinski definition) is 2. The Hall–Kier alpha value is -1.74. The van der Waals surface area contributed by atoms with Crippen LogP contribution in [0, 0.1) is 12.7 Å². The molecule has 0 saturated heterocycles. The fourth-order valence-electron chi connectivity index (χ4n) is 1.70. The molecule has 0 fully saturated rings. The summed E-state index contributed by atoms with van der Waals surface area (Å²) in [5.41, 5.74) is 1.83. The summed E-state index contributed by atoms with van der Waals surface area (Å²) in [5.74, 6) is -0.644. The van der Waals surface area contributed by atoms with Crippen LogP contribution in [0.15, 0.2) is 36.5 Å². The summed E-state index contributed by atoms with van der Waals surface area (Å²) in [6.45, 7) is 1.82. The number of carbonyl (C=O) groups excluding carboxylic acids is 1. The summed E-state index contributed by atoms with van der Waals surface area (Å²) >= 11 is 5.59. The number of benzene rings is 1. The van der Waals surface area contributed by atoms with Crippen LogP contribution in [0.3, 0.4) is 0 Å². The van der Waals surface area contributed by atoms with Crippen molar-refractivity contribution in [3.63, 3.8) is 0 Å². The molecule has 2 nitrogen and oxygen atoms in total. The predicted octanol–water partition coefficient (Wildman–Crippen LogP) is 3.61. The van der Waals surface area contributed by atoms with Gasteiger partial charge in [0, 0.05) is 12.6 Å². The smallest absolute Gasteiger partial charge is 0.185 e. The quantitative estimate of drug-likeness (QED) is 0.792. The molecule has 4 heteroatoms. The highest BCUT2D eigenvalue weighted by molar-refractivity contribution is 6.30. The van der Waals surface area contributed by atoms with Crippen molar-refractivity contribution in [2.75, 3.05) is 0 Å². The Labute approximate surface area is 109 Å². The Morgan fingerprint density at radius 2 is 2.17 bits per heavy atom. The lowest BCUT2D eigenvalue weighted by molar-refractivity contribution is 0.0987. The molecule has 0 N–H and O–H groups in total. The molecule has 18 heavy (non-hydrogen) atoms. The van der Waals surface area contributed by atoms with Crippen LogP contribution in [-0.4, -0.2) is 10.8 Å². The summed E-state index contributed by atoms with van der Waals surface area (Å²) in [5, 5.41) is 0.0558. The van der Waals surface area contributed by atoms with Crippen molar-refractivity contribution in [1.29, 1.82) is 0 Å². The van der Waals surface area contributed by atoms with E-state index in [2.05, 4.69) is 4.98 Å². The van der Waals surface area contributed by atoms with E-state index in [1.165, 1.54) is 12.1 Å². The molecule has 2 rings (SSSR count). The van der Waals surface area contributed by atoms with Gasteiger partial charge in [-0.2, -0.15) is 0 Å². The van der Waals surface area contributed by atoms with Gasteiger partial charge in [0.25, 0.3) is 0 Å². The molecule has 0 amide bonds. The number of ketones is 1. The molecule has 0 spiro atoms. The zero-order chi connectivity index (χ0) is 13.1. The number of halogens is 2. The van der Waals surface area contributed by atoms with Crippen LogP contribution < -0.4 is 0 Å². The highest BCUT2D eigenvalue weighted by Crippen LogP contribution is 2.17. The van der Waals surface area contributed by atoms with Crippen LogP contribution in [0.5, 0.6) is 0 Å². The van der Waals surface area contributed by atoms with E-state index in [0.29, 0.717) is 11.3 Å². The number of carbonyl (C=O) groups is 1. The SMILES string of the molecule is Cc1cccnc1C(=O)Cc1ccc(Cl)c(F)c1. The third-order valence-corrected chi connectivity index (χ3v) is 2.93. The monoisotopic (exact) mass is 263 g/mol. The molecular formula is C14H11ClFNO. The van der Waals surface area contributed by atoms with E-state index in [0.717, 1.165) is 5.56 Å². The van der Waals surface area contributed by atoms with Gasteiger partial charge < -0.3 is 0 Å². The van der Waals surface area contributed by atoms with Crippen molar-refractivity contribution in [1.82, 2.24) is 4.98 Å². The molecule has 0 bridgehead atoms. The van der Waals surface area contributed by atoms with E-state index >= 15 is 0 Å². The molecular weight excluding hydrogens is 253 g/mol. The Balaban J connectivity index is 2.22. The molecule has 0 unspecified atom stereocenters. The van der Waals surface area contributed by atoms with E-state index < -0.39 is 5.82 Å². The topological polar surface area (TPSA) is 30.0 Å².